The maximum absolute atomic E-state index is 6.05. The molecule has 0 radical (unpaired) electrons. The Hall–Kier alpha value is -2.69. The summed E-state index contributed by atoms with van der Waals surface area (Å²) < 4.78 is 0. The van der Waals surface area contributed by atoms with Crippen LogP contribution in [0.3, 0.4) is 0 Å². The van der Waals surface area contributed by atoms with Crippen molar-refractivity contribution in [1.29, 1.82) is 0 Å². The molecular formula is C16H15N5. The predicted octanol–water partition coefficient (Wildman–Crippen LogP) is 2.17. The van der Waals surface area contributed by atoms with Crippen LogP contribution < -0.4 is 10.6 Å². The summed E-state index contributed by atoms with van der Waals surface area (Å²) in [6.45, 7) is 1.75. The average molecular weight is 277 g/mol. The van der Waals surface area contributed by atoms with Gasteiger partial charge < -0.3 is 10.6 Å². The van der Waals surface area contributed by atoms with Crippen LogP contribution in [0.4, 0.5) is 11.5 Å². The molecule has 0 aliphatic carbocycles. The van der Waals surface area contributed by atoms with Gasteiger partial charge in [-0.05, 0) is 35.7 Å². The van der Waals surface area contributed by atoms with Crippen LogP contribution in [0, 0.1) is 0 Å². The second-order valence-corrected chi connectivity index (χ2v) is 5.22. The van der Waals surface area contributed by atoms with Gasteiger partial charge in [0.15, 0.2) is 5.65 Å². The molecule has 5 nitrogen and oxygen atoms in total. The summed E-state index contributed by atoms with van der Waals surface area (Å²) in [5, 5.41) is 0. The van der Waals surface area contributed by atoms with Crippen molar-refractivity contribution < 1.29 is 0 Å². The number of hydrogen-bond acceptors (Lipinski definition) is 5. The highest BCUT2D eigenvalue weighted by Crippen LogP contribution is 2.27. The SMILES string of the molecule is Nc1cccc2c1CCN(c1ccc3nccnc3n1)C2. The van der Waals surface area contributed by atoms with Gasteiger partial charge in [-0.3, -0.25) is 4.98 Å². The van der Waals surface area contributed by atoms with E-state index in [1.54, 1.807) is 12.4 Å². The number of aromatic nitrogens is 3. The fourth-order valence-electron chi connectivity index (χ4n) is 2.86. The van der Waals surface area contributed by atoms with Crippen LogP contribution in [0.25, 0.3) is 11.2 Å². The van der Waals surface area contributed by atoms with Crippen LogP contribution in [0.2, 0.25) is 0 Å². The van der Waals surface area contributed by atoms with Crippen molar-refractivity contribution in [1.82, 2.24) is 15.0 Å². The maximum atomic E-state index is 6.05. The first kappa shape index (κ1) is 12.1. The minimum Gasteiger partial charge on any atom is -0.398 e. The largest absolute Gasteiger partial charge is 0.398 e. The van der Waals surface area contributed by atoms with Crippen LogP contribution in [0.5, 0.6) is 0 Å². The first-order valence-electron chi connectivity index (χ1n) is 7.00. The first-order valence-corrected chi connectivity index (χ1v) is 7.00. The number of hydrogen-bond donors (Lipinski definition) is 1. The molecule has 0 spiro atoms. The fraction of sp³-hybridized carbons (Fsp3) is 0.188. The van der Waals surface area contributed by atoms with Crippen molar-refractivity contribution in [2.75, 3.05) is 17.2 Å². The zero-order chi connectivity index (χ0) is 14.2. The minimum atomic E-state index is 0.688. The monoisotopic (exact) mass is 277 g/mol. The van der Waals surface area contributed by atoms with Crippen molar-refractivity contribution in [2.24, 2.45) is 0 Å². The highest BCUT2D eigenvalue weighted by molar-refractivity contribution is 5.71. The van der Waals surface area contributed by atoms with Gasteiger partial charge >= 0.3 is 0 Å². The summed E-state index contributed by atoms with van der Waals surface area (Å²) in [5.74, 6) is 0.941. The lowest BCUT2D eigenvalue weighted by atomic mass is 9.98. The average Bonchev–Trinajstić information content (AvgIpc) is 2.54. The Morgan fingerprint density at radius 2 is 1.95 bits per heavy atom. The zero-order valence-corrected chi connectivity index (χ0v) is 11.5. The Morgan fingerprint density at radius 3 is 2.90 bits per heavy atom. The molecule has 21 heavy (non-hydrogen) atoms. The second-order valence-electron chi connectivity index (χ2n) is 5.22. The Bertz CT molecular complexity index is 815. The summed E-state index contributed by atoms with van der Waals surface area (Å²) in [6, 6.07) is 10.1. The Labute approximate surface area is 122 Å². The number of rotatable bonds is 1. The van der Waals surface area contributed by atoms with E-state index in [0.717, 1.165) is 36.5 Å². The first-order chi connectivity index (χ1) is 10.3. The molecule has 2 N–H and O–H groups in total. The summed E-state index contributed by atoms with van der Waals surface area (Å²) in [4.78, 5) is 15.4. The van der Waals surface area contributed by atoms with Gasteiger partial charge in [0.05, 0.1) is 0 Å². The molecular weight excluding hydrogens is 262 g/mol. The van der Waals surface area contributed by atoms with Crippen molar-refractivity contribution in [3.8, 4) is 0 Å². The van der Waals surface area contributed by atoms with Gasteiger partial charge in [0.1, 0.15) is 11.3 Å². The molecule has 3 heterocycles. The predicted molar refractivity (Wildman–Crippen MR) is 82.9 cm³/mol. The zero-order valence-electron chi connectivity index (χ0n) is 11.5. The molecule has 1 aromatic carbocycles. The van der Waals surface area contributed by atoms with E-state index in [2.05, 4.69) is 25.9 Å². The van der Waals surface area contributed by atoms with Gasteiger partial charge in [-0.15, -0.1) is 0 Å². The van der Waals surface area contributed by atoms with E-state index >= 15 is 0 Å². The van der Waals surface area contributed by atoms with Crippen molar-refractivity contribution in [3.05, 3.63) is 53.9 Å². The number of fused-ring (bicyclic) bond motifs is 2. The van der Waals surface area contributed by atoms with Crippen LogP contribution in [0.1, 0.15) is 11.1 Å². The van der Waals surface area contributed by atoms with E-state index in [-0.39, 0.29) is 0 Å². The van der Waals surface area contributed by atoms with Crippen LogP contribution in [0.15, 0.2) is 42.7 Å². The number of nitrogens with zero attached hydrogens (tertiary/aromatic N) is 4. The topological polar surface area (TPSA) is 67.9 Å². The van der Waals surface area contributed by atoms with E-state index in [1.807, 2.05) is 24.3 Å². The molecule has 2 aromatic heterocycles. The number of nitrogen functional groups attached to an aromatic ring is 1. The molecule has 0 saturated heterocycles. The Kier molecular flexibility index (Phi) is 2.70. The summed E-state index contributed by atoms with van der Waals surface area (Å²) in [7, 11) is 0. The molecule has 0 bridgehead atoms. The number of pyridine rings is 1. The van der Waals surface area contributed by atoms with Gasteiger partial charge in [0.25, 0.3) is 0 Å². The number of anilines is 2. The molecule has 0 unspecified atom stereocenters. The van der Waals surface area contributed by atoms with Gasteiger partial charge in [-0.25, -0.2) is 9.97 Å². The van der Waals surface area contributed by atoms with E-state index in [0.29, 0.717) is 5.65 Å². The second kappa shape index (κ2) is 4.70. The van der Waals surface area contributed by atoms with E-state index in [4.69, 9.17) is 5.73 Å². The fourth-order valence-corrected chi connectivity index (χ4v) is 2.86. The third kappa shape index (κ3) is 2.07. The lowest BCUT2D eigenvalue weighted by molar-refractivity contribution is 0.723. The van der Waals surface area contributed by atoms with Crippen LogP contribution in [-0.4, -0.2) is 21.5 Å². The molecule has 0 atom stereocenters. The quantitative estimate of drug-likeness (QED) is 0.690. The van der Waals surface area contributed by atoms with Gasteiger partial charge in [-0.1, -0.05) is 12.1 Å². The normalized spacial score (nSPS) is 14.2. The highest BCUT2D eigenvalue weighted by atomic mass is 15.2. The molecule has 4 rings (SSSR count). The Balaban J connectivity index is 1.70. The minimum absolute atomic E-state index is 0.688. The van der Waals surface area contributed by atoms with Crippen LogP contribution >= 0.6 is 0 Å². The number of nitrogens with two attached hydrogens (primary N) is 1. The van der Waals surface area contributed by atoms with E-state index < -0.39 is 0 Å². The molecule has 0 fully saturated rings. The third-order valence-electron chi connectivity index (χ3n) is 3.94. The molecule has 5 heteroatoms. The van der Waals surface area contributed by atoms with Gasteiger partial charge in [0, 0.05) is 31.2 Å². The standard InChI is InChI=1S/C16H15N5/c17-13-3-1-2-11-10-21(9-6-12(11)13)15-5-4-14-16(20-15)19-8-7-18-14/h1-5,7-8H,6,9-10,17H2. The molecule has 0 amide bonds. The summed E-state index contributed by atoms with van der Waals surface area (Å²) in [5.41, 5.74) is 11.0. The van der Waals surface area contributed by atoms with Gasteiger partial charge in [0.2, 0.25) is 0 Å². The molecule has 3 aromatic rings. The summed E-state index contributed by atoms with van der Waals surface area (Å²) in [6.07, 6.45) is 4.30. The molecule has 104 valence electrons. The number of benzene rings is 1. The third-order valence-corrected chi connectivity index (χ3v) is 3.94. The van der Waals surface area contributed by atoms with Crippen molar-refractivity contribution in [2.45, 2.75) is 13.0 Å². The highest BCUT2D eigenvalue weighted by Gasteiger charge is 2.19. The Morgan fingerprint density at radius 1 is 1.05 bits per heavy atom. The van der Waals surface area contributed by atoms with Crippen molar-refractivity contribution >= 4 is 22.7 Å². The van der Waals surface area contributed by atoms with E-state index in [1.165, 1.54) is 11.1 Å². The maximum Gasteiger partial charge on any atom is 0.180 e. The smallest absolute Gasteiger partial charge is 0.180 e. The van der Waals surface area contributed by atoms with E-state index in [9.17, 15) is 0 Å². The summed E-state index contributed by atoms with van der Waals surface area (Å²) >= 11 is 0. The lowest BCUT2D eigenvalue weighted by Crippen LogP contribution is -2.31. The molecule has 1 aliphatic rings. The van der Waals surface area contributed by atoms with Crippen molar-refractivity contribution in [3.63, 3.8) is 0 Å². The molecule has 1 aliphatic heterocycles. The van der Waals surface area contributed by atoms with Gasteiger partial charge in [-0.2, -0.15) is 0 Å². The lowest BCUT2D eigenvalue weighted by Gasteiger charge is -2.30. The molecule has 0 saturated carbocycles. The van der Waals surface area contributed by atoms with Crippen LogP contribution in [-0.2, 0) is 13.0 Å².